The maximum absolute atomic E-state index is 11.9. The van der Waals surface area contributed by atoms with E-state index in [4.69, 9.17) is 5.26 Å². The topological polar surface area (TPSA) is 78.7 Å². The van der Waals surface area contributed by atoms with Crippen LogP contribution in [-0.2, 0) is 4.79 Å². The van der Waals surface area contributed by atoms with E-state index in [9.17, 15) is 4.79 Å². The molecule has 2 rings (SSSR count). The molecule has 1 heterocycles. The van der Waals surface area contributed by atoms with E-state index < -0.39 is 5.41 Å². The standard InChI is InChI=1S/C9H10N4OS/c10-6-9(3-1-2-4-9)8(14)12-7-5-11-13-15-7/h5H,1-4H2,(H,12,14). The van der Waals surface area contributed by atoms with Crippen molar-refractivity contribution in [2.75, 3.05) is 5.32 Å². The van der Waals surface area contributed by atoms with Gasteiger partial charge >= 0.3 is 0 Å². The molecule has 6 heteroatoms. The van der Waals surface area contributed by atoms with Gasteiger partial charge in [0.15, 0.2) is 0 Å². The van der Waals surface area contributed by atoms with Gasteiger partial charge in [0.25, 0.3) is 0 Å². The first-order valence-corrected chi connectivity index (χ1v) is 5.54. The minimum atomic E-state index is -0.829. The molecular formula is C9H10N4OS. The lowest BCUT2D eigenvalue weighted by Gasteiger charge is -2.17. The number of amides is 1. The molecule has 5 nitrogen and oxygen atoms in total. The van der Waals surface area contributed by atoms with Crippen LogP contribution in [-0.4, -0.2) is 15.5 Å². The molecule has 78 valence electrons. The smallest absolute Gasteiger partial charge is 0.245 e. The number of aromatic nitrogens is 2. The van der Waals surface area contributed by atoms with Crippen molar-refractivity contribution in [3.8, 4) is 6.07 Å². The highest BCUT2D eigenvalue weighted by Gasteiger charge is 2.41. The van der Waals surface area contributed by atoms with Crippen LogP contribution in [0.4, 0.5) is 5.00 Å². The van der Waals surface area contributed by atoms with Crippen molar-refractivity contribution in [1.82, 2.24) is 9.59 Å². The van der Waals surface area contributed by atoms with Crippen molar-refractivity contribution >= 4 is 22.4 Å². The van der Waals surface area contributed by atoms with Crippen LogP contribution in [0.5, 0.6) is 0 Å². The van der Waals surface area contributed by atoms with Gasteiger partial charge in [-0.1, -0.05) is 17.3 Å². The van der Waals surface area contributed by atoms with Crippen LogP contribution in [0.2, 0.25) is 0 Å². The average Bonchev–Trinajstić information content (AvgIpc) is 2.87. The maximum atomic E-state index is 11.9. The monoisotopic (exact) mass is 222 g/mol. The van der Waals surface area contributed by atoms with E-state index in [-0.39, 0.29) is 5.91 Å². The Bertz CT molecular complexity index is 389. The Morgan fingerprint density at radius 1 is 1.60 bits per heavy atom. The Kier molecular flexibility index (Phi) is 2.64. The molecule has 0 atom stereocenters. The third-order valence-corrected chi connectivity index (χ3v) is 3.28. The Morgan fingerprint density at radius 2 is 2.33 bits per heavy atom. The molecule has 1 fully saturated rings. The van der Waals surface area contributed by atoms with Gasteiger partial charge in [0, 0.05) is 11.5 Å². The Labute approximate surface area is 91.3 Å². The summed E-state index contributed by atoms with van der Waals surface area (Å²) in [5.74, 6) is -0.214. The quantitative estimate of drug-likeness (QED) is 0.823. The number of hydrogen-bond acceptors (Lipinski definition) is 5. The first-order chi connectivity index (χ1) is 7.27. The molecule has 1 saturated carbocycles. The predicted molar refractivity (Wildman–Crippen MR) is 55.1 cm³/mol. The van der Waals surface area contributed by atoms with Crippen LogP contribution < -0.4 is 5.32 Å². The van der Waals surface area contributed by atoms with Crippen molar-refractivity contribution in [1.29, 1.82) is 5.26 Å². The van der Waals surface area contributed by atoms with E-state index in [1.54, 1.807) is 0 Å². The molecular weight excluding hydrogens is 212 g/mol. The number of nitrogens with one attached hydrogen (secondary N) is 1. The normalized spacial score (nSPS) is 18.3. The van der Waals surface area contributed by atoms with Crippen molar-refractivity contribution in [2.45, 2.75) is 25.7 Å². The fourth-order valence-electron chi connectivity index (χ4n) is 1.82. The van der Waals surface area contributed by atoms with Gasteiger partial charge < -0.3 is 5.32 Å². The van der Waals surface area contributed by atoms with Crippen LogP contribution >= 0.6 is 11.5 Å². The summed E-state index contributed by atoms with van der Waals surface area (Å²) in [6.07, 6.45) is 4.69. The lowest BCUT2D eigenvalue weighted by molar-refractivity contribution is -0.122. The average molecular weight is 222 g/mol. The minimum Gasteiger partial charge on any atom is -0.314 e. The summed E-state index contributed by atoms with van der Waals surface area (Å²) in [7, 11) is 0. The van der Waals surface area contributed by atoms with Crippen LogP contribution in [0.1, 0.15) is 25.7 Å². The third kappa shape index (κ3) is 1.83. The number of carbonyl (C=O) groups is 1. The summed E-state index contributed by atoms with van der Waals surface area (Å²) in [6.45, 7) is 0. The van der Waals surface area contributed by atoms with Gasteiger partial charge in [-0.05, 0) is 12.8 Å². The van der Waals surface area contributed by atoms with Crippen LogP contribution in [0.25, 0.3) is 0 Å². The van der Waals surface area contributed by atoms with Crippen molar-refractivity contribution < 1.29 is 4.79 Å². The number of rotatable bonds is 2. The van der Waals surface area contributed by atoms with E-state index in [2.05, 4.69) is 21.0 Å². The Balaban J connectivity index is 2.10. The third-order valence-electron chi connectivity index (χ3n) is 2.70. The first kappa shape index (κ1) is 10.1. The fourth-order valence-corrected chi connectivity index (χ4v) is 2.24. The molecule has 1 N–H and O–H groups in total. The summed E-state index contributed by atoms with van der Waals surface area (Å²) in [6, 6.07) is 2.14. The predicted octanol–water partition coefficient (Wildman–Crippen LogP) is 1.56. The number of hydrogen-bond donors (Lipinski definition) is 1. The lowest BCUT2D eigenvalue weighted by atomic mass is 9.87. The van der Waals surface area contributed by atoms with Gasteiger partial charge in [-0.2, -0.15) is 5.26 Å². The molecule has 1 aromatic rings. The zero-order chi connectivity index (χ0) is 10.7. The van der Waals surface area contributed by atoms with Crippen LogP contribution in [0, 0.1) is 16.7 Å². The number of carbonyl (C=O) groups excluding carboxylic acids is 1. The molecule has 0 aliphatic heterocycles. The van der Waals surface area contributed by atoms with E-state index in [1.165, 1.54) is 6.20 Å². The number of nitrogens with zero attached hydrogens (tertiary/aromatic N) is 3. The van der Waals surface area contributed by atoms with Gasteiger partial charge in [0.2, 0.25) is 5.91 Å². The van der Waals surface area contributed by atoms with Gasteiger partial charge in [0.1, 0.15) is 10.4 Å². The molecule has 0 radical (unpaired) electrons. The van der Waals surface area contributed by atoms with Gasteiger partial charge in [0.05, 0.1) is 12.3 Å². The Hall–Kier alpha value is -1.48. The Morgan fingerprint density at radius 3 is 2.87 bits per heavy atom. The van der Waals surface area contributed by atoms with Gasteiger partial charge in [-0.15, -0.1) is 5.10 Å². The molecule has 1 aliphatic carbocycles. The van der Waals surface area contributed by atoms with E-state index in [0.717, 1.165) is 24.4 Å². The summed E-state index contributed by atoms with van der Waals surface area (Å²) in [5.41, 5.74) is -0.829. The molecule has 0 bridgehead atoms. The molecule has 1 aromatic heterocycles. The summed E-state index contributed by atoms with van der Waals surface area (Å²) in [5, 5.41) is 16.0. The first-order valence-electron chi connectivity index (χ1n) is 4.77. The summed E-state index contributed by atoms with van der Waals surface area (Å²) in [4.78, 5) is 11.9. The molecule has 0 spiro atoms. The SMILES string of the molecule is N#CC1(C(=O)Nc2cnns2)CCCC1. The second-order valence-corrected chi connectivity index (χ2v) is 4.42. The molecule has 1 aliphatic rings. The van der Waals surface area contributed by atoms with Crippen molar-refractivity contribution in [2.24, 2.45) is 5.41 Å². The highest BCUT2D eigenvalue weighted by molar-refractivity contribution is 7.10. The summed E-state index contributed by atoms with van der Waals surface area (Å²) >= 11 is 1.12. The summed E-state index contributed by atoms with van der Waals surface area (Å²) < 4.78 is 3.64. The van der Waals surface area contributed by atoms with Crippen molar-refractivity contribution in [3.63, 3.8) is 0 Å². The van der Waals surface area contributed by atoms with Crippen LogP contribution in [0.15, 0.2) is 6.20 Å². The minimum absolute atomic E-state index is 0.214. The molecule has 0 aromatic carbocycles. The lowest BCUT2D eigenvalue weighted by Crippen LogP contribution is -2.32. The van der Waals surface area contributed by atoms with Gasteiger partial charge in [-0.3, -0.25) is 4.79 Å². The molecule has 1 amide bonds. The van der Waals surface area contributed by atoms with Crippen molar-refractivity contribution in [3.05, 3.63) is 6.20 Å². The molecule has 15 heavy (non-hydrogen) atoms. The zero-order valence-corrected chi connectivity index (χ0v) is 8.88. The zero-order valence-electron chi connectivity index (χ0n) is 8.06. The second kappa shape index (κ2) is 3.95. The second-order valence-electron chi connectivity index (χ2n) is 3.64. The molecule has 0 unspecified atom stereocenters. The van der Waals surface area contributed by atoms with Gasteiger partial charge in [-0.25, -0.2) is 0 Å². The fraction of sp³-hybridized carbons (Fsp3) is 0.556. The highest BCUT2D eigenvalue weighted by atomic mass is 32.1. The van der Waals surface area contributed by atoms with Crippen LogP contribution in [0.3, 0.4) is 0 Å². The molecule has 0 saturated heterocycles. The maximum Gasteiger partial charge on any atom is 0.245 e. The van der Waals surface area contributed by atoms with E-state index >= 15 is 0 Å². The largest absolute Gasteiger partial charge is 0.314 e. The number of anilines is 1. The highest BCUT2D eigenvalue weighted by Crippen LogP contribution is 2.38. The van der Waals surface area contributed by atoms with E-state index in [0.29, 0.717) is 17.8 Å². The van der Waals surface area contributed by atoms with E-state index in [1.807, 2.05) is 0 Å². The number of nitriles is 1.